The van der Waals surface area contributed by atoms with Crippen molar-refractivity contribution in [2.75, 3.05) is 32.1 Å². The molecule has 18 heavy (non-hydrogen) atoms. The first-order valence-corrected chi connectivity index (χ1v) is 7.56. The second-order valence-electron chi connectivity index (χ2n) is 4.40. The molecule has 7 heteroatoms. The Morgan fingerprint density at radius 2 is 2.28 bits per heavy atom. The van der Waals surface area contributed by atoms with Crippen molar-refractivity contribution >= 4 is 11.8 Å². The predicted molar refractivity (Wildman–Crippen MR) is 70.6 cm³/mol. The first-order chi connectivity index (χ1) is 8.90. The molecule has 1 saturated heterocycles. The van der Waals surface area contributed by atoms with E-state index in [1.807, 2.05) is 4.68 Å². The molecule has 2 heterocycles. The highest BCUT2D eigenvalue weighted by atomic mass is 32.2. The van der Waals surface area contributed by atoms with Crippen LogP contribution in [0.25, 0.3) is 0 Å². The van der Waals surface area contributed by atoms with Gasteiger partial charge in [0.25, 0.3) is 0 Å². The second kappa shape index (κ2) is 7.70. The fourth-order valence-corrected chi connectivity index (χ4v) is 3.00. The lowest BCUT2D eigenvalue weighted by Gasteiger charge is -2.21. The van der Waals surface area contributed by atoms with Gasteiger partial charge in [0.1, 0.15) is 0 Å². The summed E-state index contributed by atoms with van der Waals surface area (Å²) < 4.78 is 7.24. The van der Waals surface area contributed by atoms with Crippen molar-refractivity contribution in [3.05, 3.63) is 0 Å². The SMILES string of the molecule is CCNCCn1nnnc1SCC1CCOCC1. The first kappa shape index (κ1) is 13.8. The van der Waals surface area contributed by atoms with E-state index < -0.39 is 0 Å². The average molecular weight is 271 g/mol. The van der Waals surface area contributed by atoms with Crippen molar-refractivity contribution in [2.45, 2.75) is 31.5 Å². The van der Waals surface area contributed by atoms with E-state index in [9.17, 15) is 0 Å². The van der Waals surface area contributed by atoms with Gasteiger partial charge in [-0.3, -0.25) is 0 Å². The van der Waals surface area contributed by atoms with Crippen molar-refractivity contribution < 1.29 is 4.74 Å². The highest BCUT2D eigenvalue weighted by Gasteiger charge is 2.16. The molecule has 0 bridgehead atoms. The second-order valence-corrected chi connectivity index (χ2v) is 5.39. The summed E-state index contributed by atoms with van der Waals surface area (Å²) in [4.78, 5) is 0. The number of hydrogen-bond acceptors (Lipinski definition) is 6. The number of tetrazole rings is 1. The van der Waals surface area contributed by atoms with E-state index in [1.54, 1.807) is 11.8 Å². The topological polar surface area (TPSA) is 64.9 Å². The quantitative estimate of drug-likeness (QED) is 0.584. The van der Waals surface area contributed by atoms with Gasteiger partial charge in [0, 0.05) is 25.5 Å². The maximum absolute atomic E-state index is 5.36. The van der Waals surface area contributed by atoms with Crippen molar-refractivity contribution in [2.24, 2.45) is 5.92 Å². The van der Waals surface area contributed by atoms with Crippen molar-refractivity contribution in [3.8, 4) is 0 Å². The monoisotopic (exact) mass is 271 g/mol. The summed E-state index contributed by atoms with van der Waals surface area (Å²) in [6, 6.07) is 0. The number of hydrogen-bond donors (Lipinski definition) is 1. The average Bonchev–Trinajstić information content (AvgIpc) is 2.86. The fraction of sp³-hybridized carbons (Fsp3) is 0.909. The smallest absolute Gasteiger partial charge is 0.209 e. The Morgan fingerprint density at radius 3 is 3.06 bits per heavy atom. The van der Waals surface area contributed by atoms with Crippen LogP contribution in [-0.4, -0.2) is 52.3 Å². The standard InChI is InChI=1S/C11H21N5OS/c1-2-12-5-6-16-11(13-14-15-16)18-9-10-3-7-17-8-4-10/h10,12H,2-9H2,1H3. The largest absolute Gasteiger partial charge is 0.381 e. The summed E-state index contributed by atoms with van der Waals surface area (Å²) in [5, 5.41) is 16.1. The van der Waals surface area contributed by atoms with Crippen LogP contribution in [-0.2, 0) is 11.3 Å². The molecule has 0 spiro atoms. The number of rotatable bonds is 7. The van der Waals surface area contributed by atoms with E-state index in [4.69, 9.17) is 4.74 Å². The Labute approximate surface area is 112 Å². The van der Waals surface area contributed by atoms with Crippen molar-refractivity contribution in [3.63, 3.8) is 0 Å². The van der Waals surface area contributed by atoms with Crippen LogP contribution in [0.3, 0.4) is 0 Å². The molecule has 0 radical (unpaired) electrons. The minimum Gasteiger partial charge on any atom is -0.381 e. The third kappa shape index (κ3) is 4.22. The minimum absolute atomic E-state index is 0.739. The third-order valence-corrected chi connectivity index (χ3v) is 4.23. The minimum atomic E-state index is 0.739. The van der Waals surface area contributed by atoms with Crippen molar-refractivity contribution in [1.29, 1.82) is 0 Å². The molecule has 102 valence electrons. The zero-order valence-electron chi connectivity index (χ0n) is 10.8. The Hall–Kier alpha value is -0.660. The lowest BCUT2D eigenvalue weighted by atomic mass is 10.0. The van der Waals surface area contributed by atoms with Crippen LogP contribution >= 0.6 is 11.8 Å². The van der Waals surface area contributed by atoms with Crippen LogP contribution in [0.15, 0.2) is 5.16 Å². The molecular formula is C11H21N5OS. The van der Waals surface area contributed by atoms with Gasteiger partial charge in [-0.05, 0) is 35.7 Å². The van der Waals surface area contributed by atoms with Crippen LogP contribution in [0.2, 0.25) is 0 Å². The molecular weight excluding hydrogens is 250 g/mol. The van der Waals surface area contributed by atoms with Crippen molar-refractivity contribution in [1.82, 2.24) is 25.5 Å². The molecule has 0 unspecified atom stereocenters. The molecule has 1 N–H and O–H groups in total. The molecule has 0 saturated carbocycles. The van der Waals surface area contributed by atoms with E-state index in [0.29, 0.717) is 0 Å². The van der Waals surface area contributed by atoms with Crippen LogP contribution in [0.4, 0.5) is 0 Å². The van der Waals surface area contributed by atoms with Crippen LogP contribution < -0.4 is 5.32 Å². The highest BCUT2D eigenvalue weighted by Crippen LogP contribution is 2.23. The highest BCUT2D eigenvalue weighted by molar-refractivity contribution is 7.99. The number of thioether (sulfide) groups is 1. The van der Waals surface area contributed by atoms with Gasteiger partial charge in [0.05, 0.1) is 6.54 Å². The zero-order valence-corrected chi connectivity index (χ0v) is 11.7. The van der Waals surface area contributed by atoms with E-state index in [0.717, 1.165) is 62.5 Å². The lowest BCUT2D eigenvalue weighted by molar-refractivity contribution is 0.0727. The fourth-order valence-electron chi connectivity index (χ4n) is 1.91. The number of ether oxygens (including phenoxy) is 1. The molecule has 1 fully saturated rings. The van der Waals surface area contributed by atoms with Crippen LogP contribution in [0, 0.1) is 5.92 Å². The Morgan fingerprint density at radius 1 is 1.44 bits per heavy atom. The van der Waals surface area contributed by atoms with Crippen LogP contribution in [0.5, 0.6) is 0 Å². The van der Waals surface area contributed by atoms with Gasteiger partial charge in [-0.15, -0.1) is 5.10 Å². The number of nitrogens with one attached hydrogen (secondary N) is 1. The van der Waals surface area contributed by atoms with Gasteiger partial charge < -0.3 is 10.1 Å². The first-order valence-electron chi connectivity index (χ1n) is 6.57. The molecule has 1 aliphatic heterocycles. The summed E-state index contributed by atoms with van der Waals surface area (Å²) in [7, 11) is 0. The normalized spacial score (nSPS) is 17.2. The van der Waals surface area contributed by atoms with E-state index >= 15 is 0 Å². The van der Waals surface area contributed by atoms with Gasteiger partial charge in [-0.25, -0.2) is 4.68 Å². The molecule has 1 aliphatic rings. The Kier molecular flexibility index (Phi) is 5.89. The summed E-state index contributed by atoms with van der Waals surface area (Å²) in [6.45, 7) is 6.61. The molecule has 1 aromatic heterocycles. The van der Waals surface area contributed by atoms with E-state index in [2.05, 4.69) is 27.8 Å². The molecule has 6 nitrogen and oxygen atoms in total. The summed E-state index contributed by atoms with van der Waals surface area (Å²) in [5.41, 5.74) is 0. The van der Waals surface area contributed by atoms with Gasteiger partial charge in [0.15, 0.2) is 0 Å². The van der Waals surface area contributed by atoms with Gasteiger partial charge in [-0.2, -0.15) is 0 Å². The number of aromatic nitrogens is 4. The zero-order chi connectivity index (χ0) is 12.6. The maximum Gasteiger partial charge on any atom is 0.209 e. The van der Waals surface area contributed by atoms with Gasteiger partial charge in [-0.1, -0.05) is 18.7 Å². The van der Waals surface area contributed by atoms with E-state index in [1.165, 1.54) is 0 Å². The molecule has 0 aliphatic carbocycles. The maximum atomic E-state index is 5.36. The molecule has 1 aromatic rings. The third-order valence-electron chi connectivity index (χ3n) is 3.04. The number of likely N-dealkylation sites (N-methyl/N-ethyl adjacent to an activating group) is 1. The van der Waals surface area contributed by atoms with E-state index in [-0.39, 0.29) is 0 Å². The Balaban J connectivity index is 1.75. The molecule has 0 aromatic carbocycles. The van der Waals surface area contributed by atoms with Gasteiger partial charge >= 0.3 is 0 Å². The Bertz CT molecular complexity index is 340. The summed E-state index contributed by atoms with van der Waals surface area (Å²) in [5.74, 6) is 1.83. The van der Waals surface area contributed by atoms with Crippen LogP contribution in [0.1, 0.15) is 19.8 Å². The molecule has 2 rings (SSSR count). The summed E-state index contributed by atoms with van der Waals surface area (Å²) >= 11 is 1.76. The predicted octanol–water partition coefficient (Wildman–Crippen LogP) is 0.801. The molecule has 0 amide bonds. The van der Waals surface area contributed by atoms with Gasteiger partial charge in [0.2, 0.25) is 5.16 Å². The molecule has 0 atom stereocenters. The number of nitrogens with zero attached hydrogens (tertiary/aromatic N) is 4. The lowest BCUT2D eigenvalue weighted by Crippen LogP contribution is -2.21. The summed E-state index contributed by atoms with van der Waals surface area (Å²) in [6.07, 6.45) is 2.32.